The zero-order chi connectivity index (χ0) is 28.3. The van der Waals surface area contributed by atoms with Gasteiger partial charge in [0.1, 0.15) is 11.7 Å². The number of hydrogen-bond acceptors (Lipinski definition) is 8. The Kier molecular flexibility index (Phi) is 7.58. The van der Waals surface area contributed by atoms with E-state index in [2.05, 4.69) is 43.4 Å². The second kappa shape index (κ2) is 11.2. The number of anilines is 4. The van der Waals surface area contributed by atoms with Crippen LogP contribution in [0.3, 0.4) is 0 Å². The highest BCUT2D eigenvalue weighted by Crippen LogP contribution is 2.33. The van der Waals surface area contributed by atoms with Crippen molar-refractivity contribution in [1.29, 1.82) is 5.26 Å². The standard InChI is InChI=1S/C30H34N8O2/c1-5-37-12-14-38(15-13-37)21-10-11-25(26(16-21)35-29(39)40-30(2,3)4)34-28-33-18-20(17-31)27(36-28)23-19-32-24-9-7-6-8-22(23)24/h6-11,16,18-19,32H,5,12-15H2,1-4H3,(H,35,39)(H,33,34,36). The van der Waals surface area contributed by atoms with Crippen molar-refractivity contribution in [2.75, 3.05) is 48.3 Å². The molecule has 3 heterocycles. The van der Waals surface area contributed by atoms with Crippen molar-refractivity contribution in [3.8, 4) is 17.3 Å². The normalized spacial score (nSPS) is 14.1. The molecule has 2 aromatic heterocycles. The van der Waals surface area contributed by atoms with Gasteiger partial charge in [-0.25, -0.2) is 14.8 Å². The van der Waals surface area contributed by atoms with Gasteiger partial charge in [0.2, 0.25) is 5.95 Å². The first-order valence-corrected chi connectivity index (χ1v) is 13.5. The van der Waals surface area contributed by atoms with Crippen molar-refractivity contribution in [1.82, 2.24) is 19.9 Å². The van der Waals surface area contributed by atoms with Crippen LogP contribution >= 0.6 is 0 Å². The molecule has 1 aliphatic heterocycles. The predicted molar refractivity (Wildman–Crippen MR) is 158 cm³/mol. The average molecular weight is 539 g/mol. The van der Waals surface area contributed by atoms with Crippen molar-refractivity contribution >= 4 is 40.0 Å². The third-order valence-corrected chi connectivity index (χ3v) is 6.82. The minimum Gasteiger partial charge on any atom is -0.444 e. The molecule has 40 heavy (non-hydrogen) atoms. The minimum absolute atomic E-state index is 0.302. The highest BCUT2D eigenvalue weighted by molar-refractivity contribution is 5.96. The molecule has 206 valence electrons. The summed E-state index contributed by atoms with van der Waals surface area (Å²) in [5, 5.41) is 16.9. The van der Waals surface area contributed by atoms with E-state index in [1.807, 2.05) is 69.4 Å². The number of likely N-dealkylation sites (N-methyl/N-ethyl adjacent to an activating group) is 1. The number of carbonyl (C=O) groups excluding carboxylic acids is 1. The maximum absolute atomic E-state index is 12.8. The molecular formula is C30H34N8O2. The number of nitrogens with zero attached hydrogens (tertiary/aromatic N) is 5. The lowest BCUT2D eigenvalue weighted by atomic mass is 10.1. The van der Waals surface area contributed by atoms with E-state index in [1.54, 1.807) is 0 Å². The summed E-state index contributed by atoms with van der Waals surface area (Å²) in [5.74, 6) is 0.302. The van der Waals surface area contributed by atoms with Gasteiger partial charge in [0.25, 0.3) is 0 Å². The largest absolute Gasteiger partial charge is 0.444 e. The third-order valence-electron chi connectivity index (χ3n) is 6.82. The zero-order valence-corrected chi connectivity index (χ0v) is 23.3. The van der Waals surface area contributed by atoms with Crippen molar-refractivity contribution in [2.45, 2.75) is 33.3 Å². The number of hydrogen-bond donors (Lipinski definition) is 3. The summed E-state index contributed by atoms with van der Waals surface area (Å²) in [7, 11) is 0. The maximum atomic E-state index is 12.8. The Morgan fingerprint density at radius 2 is 1.90 bits per heavy atom. The van der Waals surface area contributed by atoms with Gasteiger partial charge in [0.15, 0.2) is 0 Å². The summed E-state index contributed by atoms with van der Waals surface area (Å²) >= 11 is 0. The smallest absolute Gasteiger partial charge is 0.412 e. The van der Waals surface area contributed by atoms with Crippen molar-refractivity contribution in [2.24, 2.45) is 0 Å². The van der Waals surface area contributed by atoms with Crippen molar-refractivity contribution in [3.05, 3.63) is 60.4 Å². The van der Waals surface area contributed by atoms with Crippen LogP contribution < -0.4 is 15.5 Å². The Bertz CT molecular complexity index is 1560. The molecule has 10 heteroatoms. The second-order valence-corrected chi connectivity index (χ2v) is 10.7. The Hall–Kier alpha value is -4.62. The third kappa shape index (κ3) is 6.00. The number of fused-ring (bicyclic) bond motifs is 1. The summed E-state index contributed by atoms with van der Waals surface area (Å²) in [6, 6.07) is 15.9. The number of ether oxygens (including phenoxy) is 1. The van der Waals surface area contributed by atoms with Crippen LogP contribution in [0, 0.1) is 11.3 Å². The molecule has 1 fully saturated rings. The summed E-state index contributed by atoms with van der Waals surface area (Å²) in [6.07, 6.45) is 2.80. The molecule has 0 radical (unpaired) electrons. The molecule has 1 saturated heterocycles. The van der Waals surface area contributed by atoms with Gasteiger partial charge in [0, 0.05) is 54.5 Å². The summed E-state index contributed by atoms with van der Waals surface area (Å²) in [4.78, 5) is 29.8. The fourth-order valence-electron chi connectivity index (χ4n) is 4.79. The minimum atomic E-state index is -0.643. The fraction of sp³-hybridized carbons (Fsp3) is 0.333. The van der Waals surface area contributed by atoms with Gasteiger partial charge in [-0.3, -0.25) is 5.32 Å². The van der Waals surface area contributed by atoms with E-state index in [9.17, 15) is 10.1 Å². The molecule has 0 aliphatic carbocycles. The van der Waals surface area contributed by atoms with E-state index >= 15 is 0 Å². The monoisotopic (exact) mass is 538 g/mol. The van der Waals surface area contributed by atoms with Gasteiger partial charge in [-0.1, -0.05) is 25.1 Å². The molecule has 2 aromatic carbocycles. The highest BCUT2D eigenvalue weighted by Gasteiger charge is 2.21. The van der Waals surface area contributed by atoms with E-state index in [0.717, 1.165) is 54.9 Å². The van der Waals surface area contributed by atoms with Crippen LogP contribution in [-0.2, 0) is 4.74 Å². The van der Waals surface area contributed by atoms with E-state index in [1.165, 1.54) is 6.20 Å². The van der Waals surface area contributed by atoms with Gasteiger partial charge in [-0.15, -0.1) is 0 Å². The first-order valence-electron chi connectivity index (χ1n) is 13.5. The van der Waals surface area contributed by atoms with Crippen LogP contribution in [0.4, 0.5) is 27.8 Å². The number of benzene rings is 2. The van der Waals surface area contributed by atoms with Gasteiger partial charge >= 0.3 is 6.09 Å². The van der Waals surface area contributed by atoms with Crippen LogP contribution in [0.25, 0.3) is 22.2 Å². The molecule has 5 rings (SSSR count). The van der Waals surface area contributed by atoms with Gasteiger partial charge in [-0.05, 0) is 51.6 Å². The second-order valence-electron chi connectivity index (χ2n) is 10.7. The fourth-order valence-corrected chi connectivity index (χ4v) is 4.79. The molecular weight excluding hydrogens is 504 g/mol. The maximum Gasteiger partial charge on any atom is 0.412 e. The average Bonchev–Trinajstić information content (AvgIpc) is 3.37. The molecule has 0 atom stereocenters. The first kappa shape index (κ1) is 27.0. The van der Waals surface area contributed by atoms with Gasteiger partial charge in [-0.2, -0.15) is 5.26 Å². The first-order chi connectivity index (χ1) is 19.2. The highest BCUT2D eigenvalue weighted by atomic mass is 16.6. The van der Waals surface area contributed by atoms with E-state index in [-0.39, 0.29) is 0 Å². The molecule has 4 aromatic rings. The number of H-pyrrole nitrogens is 1. The lowest BCUT2D eigenvalue weighted by molar-refractivity contribution is 0.0636. The molecule has 1 aliphatic rings. The number of aromatic amines is 1. The summed E-state index contributed by atoms with van der Waals surface area (Å²) in [5.41, 5.74) is 4.17. The van der Waals surface area contributed by atoms with Crippen LogP contribution in [0.1, 0.15) is 33.3 Å². The number of nitriles is 1. The number of carbonyl (C=O) groups is 1. The topological polar surface area (TPSA) is 122 Å². The van der Waals surface area contributed by atoms with E-state index < -0.39 is 11.7 Å². The summed E-state index contributed by atoms with van der Waals surface area (Å²) in [6.45, 7) is 12.5. The quantitative estimate of drug-likeness (QED) is 0.285. The molecule has 3 N–H and O–H groups in total. The van der Waals surface area contributed by atoms with Crippen LogP contribution in [0.15, 0.2) is 54.9 Å². The number of nitrogens with one attached hydrogen (secondary N) is 3. The Balaban J connectivity index is 1.47. The SMILES string of the molecule is CCN1CCN(c2ccc(Nc3ncc(C#N)c(-c4c[nH]c5ccccc45)n3)c(NC(=O)OC(C)(C)C)c2)CC1. The van der Waals surface area contributed by atoms with Crippen LogP contribution in [0.2, 0.25) is 0 Å². The molecule has 0 saturated carbocycles. The number of amides is 1. The van der Waals surface area contributed by atoms with Crippen molar-refractivity contribution < 1.29 is 9.53 Å². The van der Waals surface area contributed by atoms with Gasteiger partial charge in [0.05, 0.1) is 28.8 Å². The Morgan fingerprint density at radius 1 is 1.12 bits per heavy atom. The van der Waals surface area contributed by atoms with Gasteiger partial charge < -0.3 is 24.8 Å². The molecule has 10 nitrogen and oxygen atoms in total. The molecule has 0 bridgehead atoms. The van der Waals surface area contributed by atoms with Crippen molar-refractivity contribution in [3.63, 3.8) is 0 Å². The molecule has 1 amide bonds. The molecule has 0 unspecified atom stereocenters. The van der Waals surface area contributed by atoms with Crippen LogP contribution in [0.5, 0.6) is 0 Å². The zero-order valence-electron chi connectivity index (χ0n) is 23.3. The summed E-state index contributed by atoms with van der Waals surface area (Å²) < 4.78 is 5.53. The van der Waals surface area contributed by atoms with Crippen LogP contribution in [-0.4, -0.2) is 64.3 Å². The molecule has 0 spiro atoms. The lowest BCUT2D eigenvalue weighted by Gasteiger charge is -2.35. The number of aromatic nitrogens is 3. The number of piperazine rings is 1. The number of rotatable bonds is 6. The predicted octanol–water partition coefficient (Wildman–Crippen LogP) is 5.73. The Labute approximate surface area is 234 Å². The van der Waals surface area contributed by atoms with E-state index in [4.69, 9.17) is 9.72 Å². The Morgan fingerprint density at radius 3 is 2.62 bits per heavy atom. The van der Waals surface area contributed by atoms with E-state index in [0.29, 0.717) is 28.6 Å². The number of para-hydroxylation sites is 1. The lowest BCUT2D eigenvalue weighted by Crippen LogP contribution is -2.46.